The third-order valence-corrected chi connectivity index (χ3v) is 4.88. The van der Waals surface area contributed by atoms with E-state index in [1.54, 1.807) is 0 Å². The van der Waals surface area contributed by atoms with Crippen LogP contribution in [-0.4, -0.2) is 22.6 Å². The van der Waals surface area contributed by atoms with Gasteiger partial charge < -0.3 is 9.42 Å². The molecule has 1 aromatic heterocycles. The van der Waals surface area contributed by atoms with Gasteiger partial charge in [-0.25, -0.2) is 8.78 Å². The number of nitrogens with zero attached hydrogens (tertiary/aromatic N) is 3. The zero-order valence-electron chi connectivity index (χ0n) is 14.9. The molecule has 0 aliphatic carbocycles. The topological polar surface area (TPSA) is 59.2 Å². The summed E-state index contributed by atoms with van der Waals surface area (Å²) in [5.41, 5.74) is 3.17. The second-order valence-corrected chi connectivity index (χ2v) is 6.76. The van der Waals surface area contributed by atoms with Gasteiger partial charge >= 0.3 is 0 Å². The van der Waals surface area contributed by atoms with Crippen molar-refractivity contribution >= 4 is 11.6 Å². The Balaban J connectivity index is 1.57. The lowest BCUT2D eigenvalue weighted by molar-refractivity contribution is -0.117. The zero-order chi connectivity index (χ0) is 19.1. The van der Waals surface area contributed by atoms with Crippen LogP contribution < -0.4 is 4.90 Å². The molecule has 27 heavy (non-hydrogen) atoms. The van der Waals surface area contributed by atoms with Crippen LogP contribution in [0.1, 0.15) is 29.4 Å². The normalized spacial score (nSPS) is 17.0. The average Bonchev–Trinajstić information content (AvgIpc) is 3.25. The highest BCUT2D eigenvalue weighted by Crippen LogP contribution is 2.33. The van der Waals surface area contributed by atoms with Crippen LogP contribution >= 0.6 is 0 Å². The van der Waals surface area contributed by atoms with Gasteiger partial charge in [-0.3, -0.25) is 4.79 Å². The third kappa shape index (κ3) is 3.20. The predicted molar refractivity (Wildman–Crippen MR) is 95.3 cm³/mol. The van der Waals surface area contributed by atoms with Crippen LogP contribution in [0.15, 0.2) is 40.9 Å². The Morgan fingerprint density at radius 3 is 2.67 bits per heavy atom. The molecule has 7 heteroatoms. The summed E-state index contributed by atoms with van der Waals surface area (Å²) in [4.78, 5) is 18.0. The Morgan fingerprint density at radius 1 is 1.11 bits per heavy atom. The van der Waals surface area contributed by atoms with Crippen molar-refractivity contribution in [2.24, 2.45) is 0 Å². The van der Waals surface area contributed by atoms with E-state index in [0.29, 0.717) is 11.7 Å². The van der Waals surface area contributed by atoms with Gasteiger partial charge in [-0.05, 0) is 43.2 Å². The average molecular weight is 369 g/mol. The number of rotatable bonds is 3. The highest BCUT2D eigenvalue weighted by Gasteiger charge is 2.36. The molecule has 4 rings (SSSR count). The number of aryl methyl sites for hydroxylation is 2. The van der Waals surface area contributed by atoms with E-state index in [9.17, 15) is 13.6 Å². The molecule has 3 aromatic rings. The van der Waals surface area contributed by atoms with Crippen LogP contribution in [-0.2, 0) is 4.79 Å². The van der Waals surface area contributed by atoms with Crippen molar-refractivity contribution in [2.75, 3.05) is 11.4 Å². The van der Waals surface area contributed by atoms with E-state index in [-0.39, 0.29) is 30.5 Å². The summed E-state index contributed by atoms with van der Waals surface area (Å²) in [5, 5.41) is 4.01. The highest BCUT2D eigenvalue weighted by molar-refractivity contribution is 5.96. The smallest absolute Gasteiger partial charge is 0.232 e. The molecule has 1 amide bonds. The first-order chi connectivity index (χ1) is 12.9. The predicted octanol–water partition coefficient (Wildman–Crippen LogP) is 4.15. The molecule has 0 spiro atoms. The molecule has 2 heterocycles. The largest absolute Gasteiger partial charge is 0.339 e. The van der Waals surface area contributed by atoms with Gasteiger partial charge in [0.15, 0.2) is 0 Å². The second kappa shape index (κ2) is 6.57. The molecule has 1 aliphatic rings. The molecular formula is C20H17F2N3O2. The van der Waals surface area contributed by atoms with Crippen LogP contribution in [0, 0.1) is 25.5 Å². The summed E-state index contributed by atoms with van der Waals surface area (Å²) in [6.45, 7) is 4.23. The molecule has 1 saturated heterocycles. The van der Waals surface area contributed by atoms with Crippen LogP contribution in [0.25, 0.3) is 11.4 Å². The van der Waals surface area contributed by atoms with Gasteiger partial charge in [0, 0.05) is 24.6 Å². The fraction of sp³-hybridized carbons (Fsp3) is 0.250. The van der Waals surface area contributed by atoms with Gasteiger partial charge in [0.2, 0.25) is 17.6 Å². The van der Waals surface area contributed by atoms with Gasteiger partial charge in [0.25, 0.3) is 0 Å². The Bertz CT molecular complexity index is 1030. The van der Waals surface area contributed by atoms with Gasteiger partial charge in [-0.15, -0.1) is 0 Å². The maximum atomic E-state index is 14.0. The number of hydrogen-bond donors (Lipinski definition) is 0. The van der Waals surface area contributed by atoms with Crippen LogP contribution in [0.5, 0.6) is 0 Å². The summed E-state index contributed by atoms with van der Waals surface area (Å²) >= 11 is 0. The van der Waals surface area contributed by atoms with E-state index in [0.717, 1.165) is 23.3 Å². The minimum absolute atomic E-state index is 0.0535. The molecule has 1 atom stereocenters. The maximum absolute atomic E-state index is 14.0. The van der Waals surface area contributed by atoms with Gasteiger partial charge in [0.1, 0.15) is 11.6 Å². The third-order valence-electron chi connectivity index (χ3n) is 4.88. The SMILES string of the molecule is Cc1ccc(-c2noc(C3CC(=O)N(c4ccc(F)cc4F)C3)n2)cc1C. The van der Waals surface area contributed by atoms with Crippen LogP contribution in [0.4, 0.5) is 14.5 Å². The lowest BCUT2D eigenvalue weighted by atomic mass is 10.1. The summed E-state index contributed by atoms with van der Waals surface area (Å²) in [7, 11) is 0. The summed E-state index contributed by atoms with van der Waals surface area (Å²) in [6, 6.07) is 9.03. The molecule has 0 saturated carbocycles. The second-order valence-electron chi connectivity index (χ2n) is 6.76. The quantitative estimate of drug-likeness (QED) is 0.696. The first kappa shape index (κ1) is 17.3. The van der Waals surface area contributed by atoms with Crippen LogP contribution in [0.2, 0.25) is 0 Å². The Labute approximate surface area is 154 Å². The molecule has 1 fully saturated rings. The zero-order valence-corrected chi connectivity index (χ0v) is 14.9. The number of amides is 1. The Hall–Kier alpha value is -3.09. The fourth-order valence-corrected chi connectivity index (χ4v) is 3.20. The number of carbonyl (C=O) groups excluding carboxylic acids is 1. The number of hydrogen-bond acceptors (Lipinski definition) is 4. The van der Waals surface area contributed by atoms with Gasteiger partial charge in [-0.1, -0.05) is 17.3 Å². The molecule has 138 valence electrons. The van der Waals surface area contributed by atoms with Crippen molar-refractivity contribution in [1.29, 1.82) is 0 Å². The van der Waals surface area contributed by atoms with Crippen molar-refractivity contribution in [3.05, 3.63) is 65.1 Å². The Kier molecular flexibility index (Phi) is 4.22. The molecule has 2 aromatic carbocycles. The molecule has 0 radical (unpaired) electrons. The maximum Gasteiger partial charge on any atom is 0.232 e. The van der Waals surface area contributed by atoms with Gasteiger partial charge in [0.05, 0.1) is 11.6 Å². The molecule has 0 bridgehead atoms. The lowest BCUT2D eigenvalue weighted by Crippen LogP contribution is -2.25. The fourth-order valence-electron chi connectivity index (χ4n) is 3.20. The number of carbonyl (C=O) groups is 1. The Morgan fingerprint density at radius 2 is 1.93 bits per heavy atom. The van der Waals surface area contributed by atoms with E-state index in [2.05, 4.69) is 10.1 Å². The molecule has 5 nitrogen and oxygen atoms in total. The number of benzene rings is 2. The summed E-state index contributed by atoms with van der Waals surface area (Å²) in [6.07, 6.45) is 0.130. The minimum Gasteiger partial charge on any atom is -0.339 e. The van der Waals surface area contributed by atoms with Gasteiger partial charge in [-0.2, -0.15) is 4.98 Å². The van der Waals surface area contributed by atoms with E-state index in [1.807, 2.05) is 32.0 Å². The van der Waals surface area contributed by atoms with Crippen molar-refractivity contribution in [2.45, 2.75) is 26.2 Å². The van der Waals surface area contributed by atoms with E-state index < -0.39 is 11.6 Å². The van der Waals surface area contributed by atoms with Crippen molar-refractivity contribution in [3.63, 3.8) is 0 Å². The van der Waals surface area contributed by atoms with Crippen molar-refractivity contribution in [3.8, 4) is 11.4 Å². The van der Waals surface area contributed by atoms with E-state index in [4.69, 9.17) is 4.52 Å². The van der Waals surface area contributed by atoms with Crippen LogP contribution in [0.3, 0.4) is 0 Å². The molecule has 0 N–H and O–H groups in total. The van der Waals surface area contributed by atoms with E-state index >= 15 is 0 Å². The molecular weight excluding hydrogens is 352 g/mol. The van der Waals surface area contributed by atoms with Crippen molar-refractivity contribution in [1.82, 2.24) is 10.1 Å². The first-order valence-corrected chi connectivity index (χ1v) is 8.59. The summed E-state index contributed by atoms with van der Waals surface area (Å²) in [5.74, 6) is -1.28. The highest BCUT2D eigenvalue weighted by atomic mass is 19.1. The number of aromatic nitrogens is 2. The molecule has 1 unspecified atom stereocenters. The van der Waals surface area contributed by atoms with Crippen molar-refractivity contribution < 1.29 is 18.1 Å². The number of halogens is 2. The lowest BCUT2D eigenvalue weighted by Gasteiger charge is -2.16. The minimum atomic E-state index is -0.773. The monoisotopic (exact) mass is 369 g/mol. The standard InChI is InChI=1S/C20H17F2N3O2/c1-11-3-4-13(7-12(11)2)19-23-20(27-24-19)14-8-18(26)25(10-14)17-6-5-15(21)9-16(17)22/h3-7,9,14H,8,10H2,1-2H3. The first-order valence-electron chi connectivity index (χ1n) is 8.59. The summed E-state index contributed by atoms with van der Waals surface area (Å²) < 4.78 is 32.5. The molecule has 1 aliphatic heterocycles. The number of anilines is 1. The van der Waals surface area contributed by atoms with E-state index in [1.165, 1.54) is 16.5 Å².